The van der Waals surface area contributed by atoms with Gasteiger partial charge in [-0.25, -0.2) is 0 Å². The van der Waals surface area contributed by atoms with Crippen LogP contribution in [0.4, 0.5) is 0 Å². The maximum Gasteiger partial charge on any atom is 0.306 e. The van der Waals surface area contributed by atoms with Crippen LogP contribution in [0.3, 0.4) is 0 Å². The van der Waals surface area contributed by atoms with Gasteiger partial charge in [0.25, 0.3) is 5.91 Å². The lowest BCUT2D eigenvalue weighted by atomic mass is 9.96. The molecule has 0 radical (unpaired) electrons. The Labute approximate surface area is 117 Å². The number of carboxylic acids is 1. The van der Waals surface area contributed by atoms with E-state index in [2.05, 4.69) is 0 Å². The number of nitrogens with zero attached hydrogens (tertiary/aromatic N) is 1. The number of hydrogen-bond acceptors (Lipinski definition) is 2. The van der Waals surface area contributed by atoms with E-state index in [-0.39, 0.29) is 11.8 Å². The molecule has 0 atom stereocenters. The second-order valence-electron chi connectivity index (χ2n) is 4.82. The van der Waals surface area contributed by atoms with Crippen LogP contribution in [0.2, 0.25) is 5.02 Å². The molecule has 1 aromatic carbocycles. The lowest BCUT2D eigenvalue weighted by Gasteiger charge is -2.30. The number of amides is 1. The molecule has 2 rings (SSSR count). The molecule has 102 valence electrons. The zero-order valence-electron chi connectivity index (χ0n) is 10.7. The van der Waals surface area contributed by atoms with Gasteiger partial charge in [-0.2, -0.15) is 0 Å². The van der Waals surface area contributed by atoms with E-state index >= 15 is 0 Å². The first-order valence-electron chi connectivity index (χ1n) is 6.28. The van der Waals surface area contributed by atoms with Crippen molar-refractivity contribution in [1.82, 2.24) is 4.90 Å². The third-order valence-electron chi connectivity index (χ3n) is 3.63. The summed E-state index contributed by atoms with van der Waals surface area (Å²) >= 11 is 6.01. The zero-order chi connectivity index (χ0) is 14.0. The number of rotatable bonds is 2. The maximum absolute atomic E-state index is 12.4. The fourth-order valence-corrected chi connectivity index (χ4v) is 2.51. The fraction of sp³-hybridized carbons (Fsp3) is 0.429. The third-order valence-corrected chi connectivity index (χ3v) is 4.04. The Morgan fingerprint density at radius 1 is 1.32 bits per heavy atom. The lowest BCUT2D eigenvalue weighted by Crippen LogP contribution is -2.40. The molecule has 1 fully saturated rings. The van der Waals surface area contributed by atoms with Gasteiger partial charge < -0.3 is 10.0 Å². The predicted molar refractivity (Wildman–Crippen MR) is 72.5 cm³/mol. The van der Waals surface area contributed by atoms with Crippen LogP contribution in [-0.2, 0) is 4.79 Å². The Hall–Kier alpha value is -1.55. The average Bonchev–Trinajstić information content (AvgIpc) is 2.41. The Kier molecular flexibility index (Phi) is 4.10. The van der Waals surface area contributed by atoms with Crippen LogP contribution < -0.4 is 0 Å². The summed E-state index contributed by atoms with van der Waals surface area (Å²) in [7, 11) is 0. The molecule has 1 heterocycles. The van der Waals surface area contributed by atoms with Crippen molar-refractivity contribution in [2.45, 2.75) is 19.8 Å². The number of halogens is 1. The van der Waals surface area contributed by atoms with Gasteiger partial charge in [-0.3, -0.25) is 9.59 Å². The molecule has 1 aliphatic heterocycles. The van der Waals surface area contributed by atoms with Gasteiger partial charge in [0, 0.05) is 23.7 Å². The number of likely N-dealkylation sites (tertiary alicyclic amines) is 1. The predicted octanol–water partition coefficient (Wildman–Crippen LogP) is 2.59. The number of piperidine rings is 1. The van der Waals surface area contributed by atoms with Gasteiger partial charge in [-0.15, -0.1) is 0 Å². The van der Waals surface area contributed by atoms with Gasteiger partial charge in [0.1, 0.15) is 0 Å². The first kappa shape index (κ1) is 13.9. The van der Waals surface area contributed by atoms with Crippen LogP contribution in [0.15, 0.2) is 18.2 Å². The van der Waals surface area contributed by atoms with Gasteiger partial charge >= 0.3 is 5.97 Å². The van der Waals surface area contributed by atoms with Crippen LogP contribution in [0.1, 0.15) is 28.8 Å². The standard InChI is InChI=1S/C14H16ClNO3/c1-9-11(3-2-4-12(9)15)13(17)16-7-5-10(6-8-16)14(18)19/h2-4,10H,5-8H2,1H3,(H,18,19). The highest BCUT2D eigenvalue weighted by atomic mass is 35.5. The normalized spacial score (nSPS) is 16.4. The summed E-state index contributed by atoms with van der Waals surface area (Å²) in [4.78, 5) is 25.0. The average molecular weight is 282 g/mol. The van der Waals surface area contributed by atoms with Gasteiger partial charge in [0.2, 0.25) is 0 Å². The molecule has 19 heavy (non-hydrogen) atoms. The molecule has 1 amide bonds. The number of hydrogen-bond donors (Lipinski definition) is 1. The third kappa shape index (κ3) is 2.89. The summed E-state index contributed by atoms with van der Waals surface area (Å²) in [5.74, 6) is -1.17. The van der Waals surface area contributed by atoms with E-state index in [4.69, 9.17) is 16.7 Å². The van der Waals surface area contributed by atoms with Crippen molar-refractivity contribution in [3.63, 3.8) is 0 Å². The molecule has 0 unspecified atom stereocenters. The largest absolute Gasteiger partial charge is 0.481 e. The highest BCUT2D eigenvalue weighted by molar-refractivity contribution is 6.31. The summed E-state index contributed by atoms with van der Waals surface area (Å²) in [6, 6.07) is 5.27. The van der Waals surface area contributed by atoms with Crippen LogP contribution in [0.25, 0.3) is 0 Å². The summed E-state index contributed by atoms with van der Waals surface area (Å²) in [5, 5.41) is 9.52. The molecule has 0 aromatic heterocycles. The van der Waals surface area contributed by atoms with E-state index in [0.29, 0.717) is 36.5 Å². The van der Waals surface area contributed by atoms with Crippen LogP contribution >= 0.6 is 11.6 Å². The summed E-state index contributed by atoms with van der Waals surface area (Å²) in [6.45, 7) is 2.79. The fourth-order valence-electron chi connectivity index (χ4n) is 2.34. The Morgan fingerprint density at radius 2 is 1.95 bits per heavy atom. The molecular formula is C14H16ClNO3. The Bertz CT molecular complexity index is 507. The van der Waals surface area contributed by atoms with Gasteiger partial charge in [0.05, 0.1) is 5.92 Å². The number of benzene rings is 1. The van der Waals surface area contributed by atoms with Crippen LogP contribution in [0, 0.1) is 12.8 Å². The maximum atomic E-state index is 12.4. The number of carbonyl (C=O) groups excluding carboxylic acids is 1. The molecule has 0 aliphatic carbocycles. The van der Waals surface area contributed by atoms with Crippen molar-refractivity contribution in [2.24, 2.45) is 5.92 Å². The van der Waals surface area contributed by atoms with Crippen molar-refractivity contribution in [1.29, 1.82) is 0 Å². The minimum absolute atomic E-state index is 0.0659. The molecule has 4 nitrogen and oxygen atoms in total. The summed E-state index contributed by atoms with van der Waals surface area (Å²) < 4.78 is 0. The minimum atomic E-state index is -0.772. The van der Waals surface area contributed by atoms with Crippen molar-refractivity contribution < 1.29 is 14.7 Å². The van der Waals surface area contributed by atoms with Crippen molar-refractivity contribution >= 4 is 23.5 Å². The topological polar surface area (TPSA) is 57.6 Å². The Morgan fingerprint density at radius 3 is 2.53 bits per heavy atom. The van der Waals surface area contributed by atoms with Gasteiger partial charge in [0.15, 0.2) is 0 Å². The lowest BCUT2D eigenvalue weighted by molar-refractivity contribution is -0.143. The van der Waals surface area contributed by atoms with Crippen LogP contribution in [0.5, 0.6) is 0 Å². The minimum Gasteiger partial charge on any atom is -0.481 e. The molecule has 1 N–H and O–H groups in total. The van der Waals surface area contributed by atoms with Gasteiger partial charge in [-0.1, -0.05) is 17.7 Å². The number of aliphatic carboxylic acids is 1. The second kappa shape index (κ2) is 5.61. The monoisotopic (exact) mass is 281 g/mol. The van der Waals surface area contributed by atoms with E-state index < -0.39 is 5.97 Å². The van der Waals surface area contributed by atoms with Crippen molar-refractivity contribution in [2.75, 3.05) is 13.1 Å². The molecule has 1 saturated heterocycles. The smallest absolute Gasteiger partial charge is 0.306 e. The molecule has 0 bridgehead atoms. The molecule has 0 spiro atoms. The number of carbonyl (C=O) groups is 2. The molecule has 1 aliphatic rings. The van der Waals surface area contributed by atoms with E-state index in [9.17, 15) is 9.59 Å². The van der Waals surface area contributed by atoms with E-state index in [0.717, 1.165) is 5.56 Å². The van der Waals surface area contributed by atoms with E-state index in [1.165, 1.54) is 0 Å². The highest BCUT2D eigenvalue weighted by Crippen LogP contribution is 2.23. The van der Waals surface area contributed by atoms with E-state index in [1.807, 2.05) is 6.92 Å². The Balaban J connectivity index is 2.09. The number of carboxylic acid groups (broad SMARTS) is 1. The van der Waals surface area contributed by atoms with Crippen LogP contribution in [-0.4, -0.2) is 35.0 Å². The van der Waals surface area contributed by atoms with E-state index in [1.54, 1.807) is 23.1 Å². The van der Waals surface area contributed by atoms with Crippen molar-refractivity contribution in [3.05, 3.63) is 34.3 Å². The molecule has 1 aromatic rings. The first-order valence-corrected chi connectivity index (χ1v) is 6.65. The summed E-state index contributed by atoms with van der Waals surface area (Å²) in [6.07, 6.45) is 1.03. The second-order valence-corrected chi connectivity index (χ2v) is 5.22. The quantitative estimate of drug-likeness (QED) is 0.906. The molecular weight excluding hydrogens is 266 g/mol. The zero-order valence-corrected chi connectivity index (χ0v) is 11.5. The highest BCUT2D eigenvalue weighted by Gasteiger charge is 2.28. The SMILES string of the molecule is Cc1c(Cl)cccc1C(=O)N1CCC(C(=O)O)CC1. The molecule has 0 saturated carbocycles. The van der Waals surface area contributed by atoms with Gasteiger partial charge in [-0.05, 0) is 37.5 Å². The molecule has 5 heteroatoms. The van der Waals surface area contributed by atoms with Crippen molar-refractivity contribution in [3.8, 4) is 0 Å². The first-order chi connectivity index (χ1) is 9.00. The summed E-state index contributed by atoms with van der Waals surface area (Å²) in [5.41, 5.74) is 1.37.